The second-order valence-electron chi connectivity index (χ2n) is 5.75. The van der Waals surface area contributed by atoms with Crippen molar-refractivity contribution < 1.29 is 9.53 Å². The number of nitrogens with zero attached hydrogens (tertiary/aromatic N) is 7. The molecule has 0 aliphatic rings. The van der Waals surface area contributed by atoms with E-state index in [4.69, 9.17) is 4.74 Å². The molecule has 3 aromatic rings. The van der Waals surface area contributed by atoms with Crippen LogP contribution in [0.4, 0.5) is 0 Å². The molecule has 0 spiro atoms. The Labute approximate surface area is 150 Å². The van der Waals surface area contributed by atoms with Crippen LogP contribution in [-0.2, 0) is 18.3 Å². The first-order valence-corrected chi connectivity index (χ1v) is 8.10. The average Bonchev–Trinajstić information content (AvgIpc) is 3.29. The molecule has 0 aliphatic heterocycles. The number of rotatable bonds is 7. The van der Waals surface area contributed by atoms with Crippen molar-refractivity contribution in [3.05, 3.63) is 42.0 Å². The number of hydrogen-bond donors (Lipinski definition) is 1. The molecule has 0 radical (unpaired) electrons. The molecule has 0 fully saturated rings. The highest BCUT2D eigenvalue weighted by Gasteiger charge is 2.17. The molecular formula is C16H20N8O2. The van der Waals surface area contributed by atoms with Crippen LogP contribution in [0.3, 0.4) is 0 Å². The zero-order valence-corrected chi connectivity index (χ0v) is 14.8. The van der Waals surface area contributed by atoms with Crippen molar-refractivity contribution in [1.29, 1.82) is 0 Å². The van der Waals surface area contributed by atoms with E-state index in [0.717, 1.165) is 5.56 Å². The lowest BCUT2D eigenvalue weighted by Crippen LogP contribution is -2.29. The summed E-state index contributed by atoms with van der Waals surface area (Å²) in [5, 5.41) is 22.8. The number of hydrogen-bond acceptors (Lipinski definition) is 7. The first kappa shape index (κ1) is 17.7. The van der Waals surface area contributed by atoms with Crippen LogP contribution in [0.5, 0.6) is 0 Å². The highest BCUT2D eigenvalue weighted by Crippen LogP contribution is 2.15. The number of benzene rings is 1. The molecule has 2 aromatic heterocycles. The Balaban J connectivity index is 1.67. The zero-order chi connectivity index (χ0) is 18.5. The fourth-order valence-electron chi connectivity index (χ4n) is 2.48. The van der Waals surface area contributed by atoms with Crippen molar-refractivity contribution in [3.63, 3.8) is 0 Å². The third-order valence-corrected chi connectivity index (χ3v) is 3.83. The summed E-state index contributed by atoms with van der Waals surface area (Å²) in [6.45, 7) is 3.03. The molecule has 0 saturated carbocycles. The van der Waals surface area contributed by atoms with Gasteiger partial charge in [-0.25, -0.2) is 0 Å². The maximum absolute atomic E-state index is 12.5. The second kappa shape index (κ2) is 7.83. The minimum atomic E-state index is -0.289. The van der Waals surface area contributed by atoms with Crippen molar-refractivity contribution >= 4 is 5.91 Å². The molecular weight excluding hydrogens is 336 g/mol. The maximum atomic E-state index is 12.5. The van der Waals surface area contributed by atoms with Crippen LogP contribution in [0.2, 0.25) is 0 Å². The molecule has 3 rings (SSSR count). The molecule has 2 heterocycles. The summed E-state index contributed by atoms with van der Waals surface area (Å²) in [4.78, 5) is 13.9. The van der Waals surface area contributed by atoms with E-state index in [1.54, 1.807) is 44.8 Å². The summed E-state index contributed by atoms with van der Waals surface area (Å²) in [5.41, 5.74) is 1.33. The van der Waals surface area contributed by atoms with E-state index in [0.29, 0.717) is 30.4 Å². The van der Waals surface area contributed by atoms with Gasteiger partial charge in [0.25, 0.3) is 5.91 Å². The first-order valence-electron chi connectivity index (χ1n) is 8.10. The van der Waals surface area contributed by atoms with Gasteiger partial charge in [0.05, 0.1) is 19.7 Å². The topological polar surface area (TPSA) is 113 Å². The lowest BCUT2D eigenvalue weighted by Gasteiger charge is -2.14. The summed E-state index contributed by atoms with van der Waals surface area (Å²) in [6.07, 6.45) is 1.62. The predicted molar refractivity (Wildman–Crippen MR) is 92.0 cm³/mol. The van der Waals surface area contributed by atoms with Crippen LogP contribution >= 0.6 is 0 Å². The number of carbonyl (C=O) groups excluding carboxylic acids is 1. The molecule has 1 atom stereocenters. The number of ether oxygens (including phenoxy) is 1. The van der Waals surface area contributed by atoms with Crippen LogP contribution in [0.15, 0.2) is 30.6 Å². The third-order valence-electron chi connectivity index (χ3n) is 3.83. The van der Waals surface area contributed by atoms with Gasteiger partial charge < -0.3 is 14.6 Å². The minimum Gasteiger partial charge on any atom is -0.383 e. The van der Waals surface area contributed by atoms with Gasteiger partial charge in [-0.15, -0.1) is 20.4 Å². The predicted octanol–water partition coefficient (Wildman–Crippen LogP) is 0.606. The molecule has 0 saturated heterocycles. The van der Waals surface area contributed by atoms with E-state index in [9.17, 15) is 4.79 Å². The van der Waals surface area contributed by atoms with Crippen molar-refractivity contribution in [2.45, 2.75) is 19.5 Å². The van der Waals surface area contributed by atoms with Gasteiger partial charge in [-0.05, 0) is 24.3 Å². The third kappa shape index (κ3) is 3.91. The Morgan fingerprint density at radius 2 is 2.04 bits per heavy atom. The molecule has 10 heteroatoms. The number of tetrazole rings is 1. The van der Waals surface area contributed by atoms with Gasteiger partial charge >= 0.3 is 0 Å². The Kier molecular flexibility index (Phi) is 5.32. The van der Waals surface area contributed by atoms with E-state index in [1.165, 1.54) is 4.80 Å². The molecule has 0 bridgehead atoms. The number of aryl methyl sites for hydroxylation is 1. The van der Waals surface area contributed by atoms with Crippen molar-refractivity contribution in [3.8, 4) is 11.4 Å². The van der Waals surface area contributed by atoms with Gasteiger partial charge in [0.1, 0.15) is 6.33 Å². The summed E-state index contributed by atoms with van der Waals surface area (Å²) in [5.74, 6) is 0.993. The summed E-state index contributed by atoms with van der Waals surface area (Å²) < 4.78 is 6.93. The smallest absolute Gasteiger partial charge is 0.251 e. The molecule has 0 aliphatic carbocycles. The normalized spacial score (nSPS) is 12.1. The standard InChI is InChI=1S/C16H20N8O2/c1-11(15-20-17-10-24(15)8-9-26-3)18-16(25)13-6-4-12(5-7-13)14-19-22-23(2)21-14/h4-7,10-11H,8-9H2,1-3H3,(H,18,25)/t11-/m1/s1. The van der Waals surface area contributed by atoms with E-state index in [-0.39, 0.29) is 11.9 Å². The van der Waals surface area contributed by atoms with E-state index in [2.05, 4.69) is 30.9 Å². The molecule has 1 N–H and O–H groups in total. The number of aromatic nitrogens is 7. The van der Waals surface area contributed by atoms with Gasteiger partial charge in [-0.2, -0.15) is 4.80 Å². The molecule has 1 amide bonds. The fraction of sp³-hybridized carbons (Fsp3) is 0.375. The monoisotopic (exact) mass is 356 g/mol. The zero-order valence-electron chi connectivity index (χ0n) is 14.8. The lowest BCUT2D eigenvalue weighted by molar-refractivity contribution is 0.0937. The first-order chi connectivity index (χ1) is 12.6. The minimum absolute atomic E-state index is 0.197. The molecule has 1 aromatic carbocycles. The van der Waals surface area contributed by atoms with Gasteiger partial charge in [-0.3, -0.25) is 4.79 Å². The van der Waals surface area contributed by atoms with Crippen LogP contribution in [0.1, 0.15) is 29.1 Å². The fourth-order valence-corrected chi connectivity index (χ4v) is 2.48. The molecule has 0 unspecified atom stereocenters. The van der Waals surface area contributed by atoms with Crippen molar-refractivity contribution in [2.24, 2.45) is 7.05 Å². The van der Waals surface area contributed by atoms with Crippen molar-refractivity contribution in [2.75, 3.05) is 13.7 Å². The van der Waals surface area contributed by atoms with Crippen LogP contribution in [0.25, 0.3) is 11.4 Å². The molecule has 10 nitrogen and oxygen atoms in total. The number of methoxy groups -OCH3 is 1. The number of carbonyl (C=O) groups is 1. The highest BCUT2D eigenvalue weighted by atomic mass is 16.5. The Morgan fingerprint density at radius 1 is 1.27 bits per heavy atom. The largest absolute Gasteiger partial charge is 0.383 e. The van der Waals surface area contributed by atoms with E-state index in [1.807, 2.05) is 11.5 Å². The van der Waals surface area contributed by atoms with E-state index < -0.39 is 0 Å². The Morgan fingerprint density at radius 3 is 2.69 bits per heavy atom. The average molecular weight is 356 g/mol. The summed E-state index contributed by atoms with van der Waals surface area (Å²) in [6, 6.07) is 6.74. The van der Waals surface area contributed by atoms with E-state index >= 15 is 0 Å². The van der Waals surface area contributed by atoms with Crippen molar-refractivity contribution in [1.82, 2.24) is 40.3 Å². The Hall–Kier alpha value is -3.14. The molecule has 136 valence electrons. The number of nitrogens with one attached hydrogen (secondary N) is 1. The second-order valence-corrected chi connectivity index (χ2v) is 5.75. The van der Waals surface area contributed by atoms with Crippen LogP contribution in [0, 0.1) is 0 Å². The van der Waals surface area contributed by atoms with Gasteiger partial charge in [-0.1, -0.05) is 12.1 Å². The highest BCUT2D eigenvalue weighted by molar-refractivity contribution is 5.94. The lowest BCUT2D eigenvalue weighted by atomic mass is 10.1. The quantitative estimate of drug-likeness (QED) is 0.660. The summed E-state index contributed by atoms with van der Waals surface area (Å²) in [7, 11) is 3.33. The number of amides is 1. The van der Waals surface area contributed by atoms with Gasteiger partial charge in [0.2, 0.25) is 5.82 Å². The Bertz CT molecular complexity index is 871. The van der Waals surface area contributed by atoms with Gasteiger partial charge in [0, 0.05) is 24.8 Å². The SMILES string of the molecule is COCCn1cnnc1[C@@H](C)NC(=O)c1ccc(-c2nnn(C)n2)cc1. The maximum Gasteiger partial charge on any atom is 0.251 e. The van der Waals surface area contributed by atoms with Crippen LogP contribution in [-0.4, -0.2) is 54.6 Å². The summed E-state index contributed by atoms with van der Waals surface area (Å²) >= 11 is 0. The molecule has 26 heavy (non-hydrogen) atoms. The van der Waals surface area contributed by atoms with Gasteiger partial charge in [0.15, 0.2) is 5.82 Å². The van der Waals surface area contributed by atoms with Crippen LogP contribution < -0.4 is 5.32 Å².